The summed E-state index contributed by atoms with van der Waals surface area (Å²) in [6.07, 6.45) is 2.58. The first-order valence-corrected chi connectivity index (χ1v) is 7.55. The van der Waals surface area contributed by atoms with Gasteiger partial charge in [-0.1, -0.05) is 27.2 Å². The van der Waals surface area contributed by atoms with Crippen LogP contribution in [0.15, 0.2) is 0 Å². The molecular weight excluding hydrogens is 222 g/mol. The lowest BCUT2D eigenvalue weighted by atomic mass is 9.97. The number of hydrogen-bond acceptors (Lipinski definition) is 3. The summed E-state index contributed by atoms with van der Waals surface area (Å²) in [7, 11) is 2.25. The predicted molar refractivity (Wildman–Crippen MR) is 80.1 cm³/mol. The second-order valence-electron chi connectivity index (χ2n) is 6.71. The number of hydrogen-bond donors (Lipinski definition) is 1. The Morgan fingerprint density at radius 2 is 1.89 bits per heavy atom. The third kappa shape index (κ3) is 4.52. The largest absolute Gasteiger partial charge is 0.313 e. The molecule has 0 bridgehead atoms. The molecule has 1 aliphatic heterocycles. The minimum absolute atomic E-state index is 0.308. The third-order valence-electron chi connectivity index (χ3n) is 4.25. The van der Waals surface area contributed by atoms with Gasteiger partial charge in [-0.25, -0.2) is 0 Å². The van der Waals surface area contributed by atoms with Gasteiger partial charge in [-0.15, -0.1) is 0 Å². The average molecular weight is 255 g/mol. The molecule has 0 aromatic rings. The van der Waals surface area contributed by atoms with Crippen LogP contribution in [0.1, 0.15) is 47.5 Å². The van der Waals surface area contributed by atoms with Crippen LogP contribution in [0, 0.1) is 0 Å². The Hall–Kier alpha value is -0.120. The molecule has 0 aromatic carbocycles. The minimum atomic E-state index is 0.308. The lowest BCUT2D eigenvalue weighted by Gasteiger charge is -2.48. The van der Waals surface area contributed by atoms with Crippen molar-refractivity contribution in [2.75, 3.05) is 33.2 Å². The number of rotatable bonds is 6. The van der Waals surface area contributed by atoms with Crippen LogP contribution >= 0.6 is 0 Å². The number of likely N-dealkylation sites (N-methyl/N-ethyl adjacent to an activating group) is 1. The van der Waals surface area contributed by atoms with Gasteiger partial charge in [-0.05, 0) is 27.3 Å². The zero-order chi connectivity index (χ0) is 13.8. The van der Waals surface area contributed by atoms with Crippen molar-refractivity contribution in [3.8, 4) is 0 Å². The van der Waals surface area contributed by atoms with Crippen LogP contribution in [-0.4, -0.2) is 60.6 Å². The molecule has 1 heterocycles. The quantitative estimate of drug-likeness (QED) is 0.785. The van der Waals surface area contributed by atoms with Gasteiger partial charge in [0.1, 0.15) is 0 Å². The molecule has 0 amide bonds. The normalized spacial score (nSPS) is 23.5. The van der Waals surface area contributed by atoms with Gasteiger partial charge in [0.05, 0.1) is 0 Å². The van der Waals surface area contributed by atoms with E-state index in [1.165, 1.54) is 32.5 Å². The summed E-state index contributed by atoms with van der Waals surface area (Å²) in [5.41, 5.74) is 0.308. The Bertz CT molecular complexity index is 238. The van der Waals surface area contributed by atoms with Crippen molar-refractivity contribution in [2.45, 2.75) is 65.1 Å². The van der Waals surface area contributed by atoms with Crippen molar-refractivity contribution in [3.05, 3.63) is 0 Å². The molecule has 1 aliphatic rings. The minimum Gasteiger partial charge on any atom is -0.313 e. The number of piperazine rings is 1. The highest BCUT2D eigenvalue weighted by atomic mass is 15.3. The molecule has 3 heteroatoms. The van der Waals surface area contributed by atoms with Crippen LogP contribution in [0.2, 0.25) is 0 Å². The maximum atomic E-state index is 3.61. The van der Waals surface area contributed by atoms with E-state index < -0.39 is 0 Å². The average Bonchev–Trinajstić information content (AvgIpc) is 2.27. The van der Waals surface area contributed by atoms with Crippen molar-refractivity contribution >= 4 is 0 Å². The van der Waals surface area contributed by atoms with E-state index in [1.54, 1.807) is 0 Å². The maximum Gasteiger partial charge on any atom is 0.0277 e. The van der Waals surface area contributed by atoms with E-state index in [4.69, 9.17) is 0 Å². The van der Waals surface area contributed by atoms with E-state index in [0.29, 0.717) is 17.6 Å². The van der Waals surface area contributed by atoms with Crippen molar-refractivity contribution in [1.82, 2.24) is 15.1 Å². The molecule has 18 heavy (non-hydrogen) atoms. The SMILES string of the molecule is CCCC(CNC(C)C)N1CCN(C)C(C)(C)C1. The zero-order valence-corrected chi connectivity index (χ0v) is 13.3. The van der Waals surface area contributed by atoms with Gasteiger partial charge >= 0.3 is 0 Å². The van der Waals surface area contributed by atoms with Crippen LogP contribution in [0.4, 0.5) is 0 Å². The monoisotopic (exact) mass is 255 g/mol. The number of nitrogens with zero attached hydrogens (tertiary/aromatic N) is 2. The van der Waals surface area contributed by atoms with Gasteiger partial charge in [0, 0.05) is 43.8 Å². The number of nitrogens with one attached hydrogen (secondary N) is 1. The topological polar surface area (TPSA) is 18.5 Å². The molecule has 0 spiro atoms. The fraction of sp³-hybridized carbons (Fsp3) is 1.00. The summed E-state index contributed by atoms with van der Waals surface area (Å²) >= 11 is 0. The van der Waals surface area contributed by atoms with Gasteiger partial charge < -0.3 is 5.32 Å². The lowest BCUT2D eigenvalue weighted by molar-refractivity contribution is 0.0142. The Morgan fingerprint density at radius 1 is 1.22 bits per heavy atom. The molecule has 1 fully saturated rings. The van der Waals surface area contributed by atoms with Crippen molar-refractivity contribution in [1.29, 1.82) is 0 Å². The zero-order valence-electron chi connectivity index (χ0n) is 13.3. The van der Waals surface area contributed by atoms with E-state index >= 15 is 0 Å². The maximum absolute atomic E-state index is 3.61. The van der Waals surface area contributed by atoms with Crippen LogP contribution in [0.3, 0.4) is 0 Å². The molecule has 1 atom stereocenters. The summed E-state index contributed by atoms with van der Waals surface area (Å²) in [4.78, 5) is 5.18. The van der Waals surface area contributed by atoms with E-state index in [2.05, 4.69) is 56.8 Å². The first-order chi connectivity index (χ1) is 8.36. The van der Waals surface area contributed by atoms with Crippen molar-refractivity contribution in [3.63, 3.8) is 0 Å². The Morgan fingerprint density at radius 3 is 2.39 bits per heavy atom. The summed E-state index contributed by atoms with van der Waals surface area (Å²) < 4.78 is 0. The van der Waals surface area contributed by atoms with E-state index in [-0.39, 0.29) is 0 Å². The lowest BCUT2D eigenvalue weighted by Crippen LogP contribution is -2.61. The van der Waals surface area contributed by atoms with Crippen LogP contribution in [0.25, 0.3) is 0 Å². The summed E-state index contributed by atoms with van der Waals surface area (Å²) in [5.74, 6) is 0. The van der Waals surface area contributed by atoms with Crippen LogP contribution < -0.4 is 5.32 Å². The third-order valence-corrected chi connectivity index (χ3v) is 4.25. The van der Waals surface area contributed by atoms with Crippen molar-refractivity contribution in [2.24, 2.45) is 0 Å². The molecule has 108 valence electrons. The first-order valence-electron chi connectivity index (χ1n) is 7.55. The van der Waals surface area contributed by atoms with E-state index in [1.807, 2.05) is 0 Å². The highest BCUT2D eigenvalue weighted by molar-refractivity contribution is 4.91. The highest BCUT2D eigenvalue weighted by Gasteiger charge is 2.33. The second kappa shape index (κ2) is 6.88. The molecule has 1 saturated heterocycles. The van der Waals surface area contributed by atoms with E-state index in [9.17, 15) is 0 Å². The second-order valence-corrected chi connectivity index (χ2v) is 6.71. The summed E-state index contributed by atoms with van der Waals surface area (Å²) in [5, 5.41) is 3.61. The van der Waals surface area contributed by atoms with Gasteiger partial charge in [0.2, 0.25) is 0 Å². The molecule has 0 aliphatic carbocycles. The molecule has 1 N–H and O–H groups in total. The highest BCUT2D eigenvalue weighted by Crippen LogP contribution is 2.21. The Balaban J connectivity index is 2.57. The molecule has 1 unspecified atom stereocenters. The van der Waals surface area contributed by atoms with Crippen LogP contribution in [-0.2, 0) is 0 Å². The Kier molecular flexibility index (Phi) is 6.09. The standard InChI is InChI=1S/C15H33N3/c1-7-8-14(11-16-13(2)3)18-10-9-17(6)15(4,5)12-18/h13-14,16H,7-12H2,1-6H3. The van der Waals surface area contributed by atoms with Crippen LogP contribution in [0.5, 0.6) is 0 Å². The molecule has 1 rings (SSSR count). The smallest absolute Gasteiger partial charge is 0.0277 e. The summed E-state index contributed by atoms with van der Waals surface area (Å²) in [6, 6.07) is 1.29. The fourth-order valence-electron chi connectivity index (χ4n) is 2.71. The Labute approximate surface area is 114 Å². The molecule has 0 saturated carbocycles. The summed E-state index contributed by atoms with van der Waals surface area (Å²) in [6.45, 7) is 16.2. The fourth-order valence-corrected chi connectivity index (χ4v) is 2.71. The van der Waals surface area contributed by atoms with Gasteiger partial charge in [-0.3, -0.25) is 9.80 Å². The molecule has 0 radical (unpaired) electrons. The van der Waals surface area contributed by atoms with Gasteiger partial charge in [0.15, 0.2) is 0 Å². The van der Waals surface area contributed by atoms with Gasteiger partial charge in [0.25, 0.3) is 0 Å². The first kappa shape index (κ1) is 15.9. The van der Waals surface area contributed by atoms with Crippen molar-refractivity contribution < 1.29 is 0 Å². The predicted octanol–water partition coefficient (Wildman–Crippen LogP) is 2.18. The molecule has 3 nitrogen and oxygen atoms in total. The van der Waals surface area contributed by atoms with Gasteiger partial charge in [-0.2, -0.15) is 0 Å². The molecule has 0 aromatic heterocycles. The molecular formula is C15H33N3. The van der Waals surface area contributed by atoms with E-state index in [0.717, 1.165) is 6.54 Å².